The molecule has 1 saturated carbocycles. The maximum atomic E-state index is 11.9. The van der Waals surface area contributed by atoms with Gasteiger partial charge in [-0.15, -0.1) is 0 Å². The molecule has 4 heterocycles. The number of amides is 1. The molecule has 2 N–H and O–H groups in total. The predicted octanol–water partition coefficient (Wildman–Crippen LogP) is 2.79. The van der Waals surface area contributed by atoms with Gasteiger partial charge in [0.1, 0.15) is 5.69 Å². The lowest BCUT2D eigenvalue weighted by Crippen LogP contribution is -2.52. The molecule has 5 rings (SSSR count). The number of nitrogens with zero attached hydrogens (tertiary/aromatic N) is 5. The van der Waals surface area contributed by atoms with E-state index in [2.05, 4.69) is 21.8 Å². The molecule has 3 unspecified atom stereocenters. The van der Waals surface area contributed by atoms with Crippen molar-refractivity contribution in [3.63, 3.8) is 0 Å². The molecule has 1 aliphatic heterocycles. The maximum Gasteiger partial charge on any atom is 0.267 e. The predicted molar refractivity (Wildman–Crippen MR) is 115 cm³/mol. The summed E-state index contributed by atoms with van der Waals surface area (Å²) in [6.45, 7) is 3.71. The normalized spacial score (nSPS) is 23.7. The van der Waals surface area contributed by atoms with Crippen molar-refractivity contribution in [3.05, 3.63) is 35.2 Å². The average molecular weight is 427 g/mol. The van der Waals surface area contributed by atoms with Crippen molar-refractivity contribution in [2.75, 3.05) is 18.1 Å². The molecular formula is C21H23ClN6O2. The fourth-order valence-electron chi connectivity index (χ4n) is 4.86. The molecule has 1 aliphatic carbocycles. The summed E-state index contributed by atoms with van der Waals surface area (Å²) in [6.07, 6.45) is 5.67. The molecule has 3 atom stereocenters. The SMILES string of the molecule is CC1CCC2OCCN(c3nc4cc(C(N)=O)nc(-c5cncc(Cl)c5)c4n3C)C12. The van der Waals surface area contributed by atoms with Crippen molar-refractivity contribution < 1.29 is 9.53 Å². The first-order chi connectivity index (χ1) is 14.4. The van der Waals surface area contributed by atoms with E-state index in [4.69, 9.17) is 27.1 Å². The number of fused-ring (bicyclic) bond motifs is 2. The van der Waals surface area contributed by atoms with Gasteiger partial charge in [-0.2, -0.15) is 0 Å². The van der Waals surface area contributed by atoms with Gasteiger partial charge in [0.05, 0.1) is 40.5 Å². The number of hydrogen-bond donors (Lipinski definition) is 1. The van der Waals surface area contributed by atoms with Crippen LogP contribution in [0.1, 0.15) is 30.3 Å². The van der Waals surface area contributed by atoms with E-state index in [1.165, 1.54) is 0 Å². The second kappa shape index (κ2) is 7.21. The van der Waals surface area contributed by atoms with Crippen LogP contribution < -0.4 is 10.6 Å². The van der Waals surface area contributed by atoms with Gasteiger partial charge < -0.3 is 19.9 Å². The Morgan fingerprint density at radius 2 is 2.10 bits per heavy atom. The minimum atomic E-state index is -0.601. The van der Waals surface area contributed by atoms with Gasteiger partial charge in [-0.1, -0.05) is 18.5 Å². The number of imidazole rings is 1. The van der Waals surface area contributed by atoms with Crippen LogP contribution in [0.3, 0.4) is 0 Å². The van der Waals surface area contributed by atoms with Crippen LogP contribution in [0.15, 0.2) is 24.5 Å². The molecule has 8 nitrogen and oxygen atoms in total. The lowest BCUT2D eigenvalue weighted by molar-refractivity contribution is 0.0198. The van der Waals surface area contributed by atoms with Crippen LogP contribution >= 0.6 is 11.6 Å². The Morgan fingerprint density at radius 3 is 2.87 bits per heavy atom. The number of morpholine rings is 1. The monoisotopic (exact) mass is 426 g/mol. The lowest BCUT2D eigenvalue weighted by Gasteiger charge is -2.40. The number of primary amides is 1. The van der Waals surface area contributed by atoms with Crippen molar-refractivity contribution in [1.29, 1.82) is 0 Å². The average Bonchev–Trinajstić information content (AvgIpc) is 3.27. The van der Waals surface area contributed by atoms with Gasteiger partial charge in [0.15, 0.2) is 0 Å². The van der Waals surface area contributed by atoms with Gasteiger partial charge in [-0.25, -0.2) is 9.97 Å². The van der Waals surface area contributed by atoms with E-state index in [1.54, 1.807) is 24.5 Å². The van der Waals surface area contributed by atoms with Crippen LogP contribution in [0.4, 0.5) is 5.95 Å². The number of halogens is 1. The van der Waals surface area contributed by atoms with Crippen LogP contribution in [0.5, 0.6) is 0 Å². The summed E-state index contributed by atoms with van der Waals surface area (Å²) in [5.74, 6) is 0.763. The van der Waals surface area contributed by atoms with Gasteiger partial charge in [0.2, 0.25) is 5.95 Å². The minimum Gasteiger partial charge on any atom is -0.374 e. The van der Waals surface area contributed by atoms with Crippen LogP contribution in [0, 0.1) is 5.92 Å². The van der Waals surface area contributed by atoms with E-state index < -0.39 is 5.91 Å². The summed E-state index contributed by atoms with van der Waals surface area (Å²) in [7, 11) is 1.97. The third-order valence-corrected chi connectivity index (χ3v) is 6.42. The van der Waals surface area contributed by atoms with Crippen LogP contribution in [-0.4, -0.2) is 50.7 Å². The van der Waals surface area contributed by atoms with E-state index in [9.17, 15) is 4.79 Å². The van der Waals surface area contributed by atoms with Gasteiger partial charge in [-0.3, -0.25) is 9.78 Å². The number of nitrogens with two attached hydrogens (primary N) is 1. The zero-order valence-corrected chi connectivity index (χ0v) is 17.6. The molecule has 9 heteroatoms. The highest BCUT2D eigenvalue weighted by Crippen LogP contribution is 2.38. The van der Waals surface area contributed by atoms with Gasteiger partial charge >= 0.3 is 0 Å². The van der Waals surface area contributed by atoms with Crippen molar-refractivity contribution in [2.24, 2.45) is 18.7 Å². The Labute approximate surface area is 179 Å². The zero-order chi connectivity index (χ0) is 21.0. The fourth-order valence-corrected chi connectivity index (χ4v) is 5.03. The zero-order valence-electron chi connectivity index (χ0n) is 16.9. The highest BCUT2D eigenvalue weighted by Gasteiger charge is 2.42. The van der Waals surface area contributed by atoms with Crippen LogP contribution in [0.25, 0.3) is 22.3 Å². The number of carbonyl (C=O) groups is 1. The molecule has 30 heavy (non-hydrogen) atoms. The molecule has 0 radical (unpaired) electrons. The molecule has 0 aromatic carbocycles. The molecule has 2 aliphatic rings. The molecule has 1 amide bonds. The highest BCUT2D eigenvalue weighted by molar-refractivity contribution is 6.30. The largest absolute Gasteiger partial charge is 0.374 e. The summed E-state index contributed by atoms with van der Waals surface area (Å²) in [4.78, 5) is 27.9. The fraction of sp³-hybridized carbons (Fsp3) is 0.429. The molecule has 3 aromatic heterocycles. The maximum absolute atomic E-state index is 11.9. The second-order valence-corrected chi connectivity index (χ2v) is 8.54. The first-order valence-corrected chi connectivity index (χ1v) is 10.5. The number of carbonyl (C=O) groups excluding carboxylic acids is 1. The Bertz CT molecular complexity index is 1140. The Morgan fingerprint density at radius 1 is 1.27 bits per heavy atom. The Kier molecular flexibility index (Phi) is 4.63. The topological polar surface area (TPSA) is 99.2 Å². The summed E-state index contributed by atoms with van der Waals surface area (Å²) in [6, 6.07) is 3.71. The summed E-state index contributed by atoms with van der Waals surface area (Å²) < 4.78 is 8.06. The summed E-state index contributed by atoms with van der Waals surface area (Å²) in [5.41, 5.74) is 8.49. The van der Waals surface area contributed by atoms with E-state index in [-0.39, 0.29) is 17.8 Å². The van der Waals surface area contributed by atoms with Gasteiger partial charge in [0, 0.05) is 31.5 Å². The van der Waals surface area contributed by atoms with Crippen molar-refractivity contribution >= 4 is 34.5 Å². The highest BCUT2D eigenvalue weighted by atomic mass is 35.5. The lowest BCUT2D eigenvalue weighted by atomic mass is 10.0. The number of aryl methyl sites for hydroxylation is 1. The van der Waals surface area contributed by atoms with Gasteiger partial charge in [0.25, 0.3) is 5.91 Å². The number of pyridine rings is 2. The van der Waals surface area contributed by atoms with Crippen molar-refractivity contribution in [3.8, 4) is 11.3 Å². The molecule has 156 valence electrons. The smallest absolute Gasteiger partial charge is 0.267 e. The van der Waals surface area contributed by atoms with Crippen LogP contribution in [-0.2, 0) is 11.8 Å². The molecule has 3 aromatic rings. The molecule has 0 bridgehead atoms. The first kappa shape index (κ1) is 19.3. The van der Waals surface area contributed by atoms with E-state index in [0.29, 0.717) is 34.3 Å². The number of aromatic nitrogens is 4. The third kappa shape index (κ3) is 3.02. The van der Waals surface area contributed by atoms with E-state index in [1.807, 2.05) is 11.6 Å². The number of rotatable bonds is 3. The number of hydrogen-bond acceptors (Lipinski definition) is 6. The third-order valence-electron chi connectivity index (χ3n) is 6.21. The number of ether oxygens (including phenoxy) is 1. The molecule has 1 saturated heterocycles. The van der Waals surface area contributed by atoms with Crippen molar-refractivity contribution in [2.45, 2.75) is 31.9 Å². The molecular weight excluding hydrogens is 404 g/mol. The van der Waals surface area contributed by atoms with Gasteiger partial charge in [-0.05, 0) is 30.9 Å². The summed E-state index contributed by atoms with van der Waals surface area (Å²) >= 11 is 6.17. The summed E-state index contributed by atoms with van der Waals surface area (Å²) in [5, 5.41) is 0.491. The minimum absolute atomic E-state index is 0.163. The second-order valence-electron chi connectivity index (χ2n) is 8.10. The van der Waals surface area contributed by atoms with Crippen molar-refractivity contribution in [1.82, 2.24) is 19.5 Å². The van der Waals surface area contributed by atoms with Crippen LogP contribution in [0.2, 0.25) is 5.02 Å². The van der Waals surface area contributed by atoms with E-state index >= 15 is 0 Å². The first-order valence-electron chi connectivity index (χ1n) is 10.1. The quantitative estimate of drug-likeness (QED) is 0.691. The van der Waals surface area contributed by atoms with E-state index in [0.717, 1.165) is 30.9 Å². The molecule has 2 fully saturated rings. The number of anilines is 1. The Balaban J connectivity index is 1.71. The molecule has 0 spiro atoms. The Hall–Kier alpha value is -2.71. The standard InChI is InChI=1S/C21H23ClN6O2/c1-11-3-4-16-18(11)28(5-6-30-16)21-26-14-8-15(20(23)29)25-17(19(14)27(21)2)12-7-13(22)10-24-9-12/h7-11,16,18H,3-6H2,1-2H3,(H2,23,29).